The Balaban J connectivity index is 1.37. The average Bonchev–Trinajstić information content (AvgIpc) is 3.34. The summed E-state index contributed by atoms with van der Waals surface area (Å²) < 4.78 is 1.67. The standard InChI is InChI=1S/C20H18ClN5O4S/c21-15-4-1-3-13(9-15)19-25(18(27)12-31-19)20(28)22-7-2-8-24-17-10-16(26(29)30)6-5-14(17)11-23-24/h1,3-6,9-11,19H,2,7-8,12H2,(H,22,28). The van der Waals surface area contributed by atoms with Gasteiger partial charge in [0.15, 0.2) is 0 Å². The number of aromatic nitrogens is 2. The number of hydrogen-bond donors (Lipinski definition) is 1. The van der Waals surface area contributed by atoms with Crippen molar-refractivity contribution in [2.75, 3.05) is 12.3 Å². The van der Waals surface area contributed by atoms with E-state index in [9.17, 15) is 19.7 Å². The Morgan fingerprint density at radius 1 is 1.32 bits per heavy atom. The number of halogens is 1. The molecule has 31 heavy (non-hydrogen) atoms. The smallest absolute Gasteiger partial charge is 0.325 e. The van der Waals surface area contributed by atoms with Gasteiger partial charge in [-0.2, -0.15) is 5.10 Å². The van der Waals surface area contributed by atoms with E-state index < -0.39 is 16.3 Å². The van der Waals surface area contributed by atoms with Crippen molar-refractivity contribution in [3.63, 3.8) is 0 Å². The minimum absolute atomic E-state index is 0.000319. The molecule has 4 rings (SSSR count). The molecule has 160 valence electrons. The molecular formula is C20H18ClN5O4S. The first-order valence-corrected chi connectivity index (χ1v) is 10.9. The maximum absolute atomic E-state index is 12.7. The number of nitrogens with one attached hydrogen (secondary N) is 1. The number of hydrogen-bond acceptors (Lipinski definition) is 6. The fraction of sp³-hybridized carbons (Fsp3) is 0.250. The van der Waals surface area contributed by atoms with Gasteiger partial charge in [-0.1, -0.05) is 23.7 Å². The fourth-order valence-electron chi connectivity index (χ4n) is 3.41. The average molecular weight is 460 g/mol. The molecule has 1 aromatic heterocycles. The van der Waals surface area contributed by atoms with E-state index in [0.29, 0.717) is 30.0 Å². The van der Waals surface area contributed by atoms with Crippen molar-refractivity contribution < 1.29 is 14.5 Å². The van der Waals surface area contributed by atoms with E-state index in [0.717, 1.165) is 10.9 Å². The number of carbonyl (C=O) groups excluding carboxylic acids is 2. The first kappa shape index (κ1) is 21.1. The number of thioether (sulfide) groups is 1. The van der Waals surface area contributed by atoms with Crippen molar-refractivity contribution in [3.05, 3.63) is 69.4 Å². The number of aryl methyl sites for hydroxylation is 1. The van der Waals surface area contributed by atoms with Crippen LogP contribution in [0.4, 0.5) is 10.5 Å². The molecule has 1 aliphatic heterocycles. The lowest BCUT2D eigenvalue weighted by molar-refractivity contribution is -0.384. The van der Waals surface area contributed by atoms with Crippen LogP contribution in [0, 0.1) is 10.1 Å². The molecule has 9 nitrogen and oxygen atoms in total. The summed E-state index contributed by atoms with van der Waals surface area (Å²) in [5.74, 6) is -0.0271. The van der Waals surface area contributed by atoms with Gasteiger partial charge in [-0.05, 0) is 30.2 Å². The quantitative estimate of drug-likeness (QED) is 0.339. The largest absolute Gasteiger partial charge is 0.338 e. The lowest BCUT2D eigenvalue weighted by atomic mass is 10.2. The van der Waals surface area contributed by atoms with Gasteiger partial charge >= 0.3 is 6.03 Å². The summed E-state index contributed by atoms with van der Waals surface area (Å²) in [5, 5.41) is 19.0. The molecule has 0 saturated carbocycles. The Kier molecular flexibility index (Phi) is 6.10. The summed E-state index contributed by atoms with van der Waals surface area (Å²) >= 11 is 7.43. The third-order valence-electron chi connectivity index (χ3n) is 4.88. The predicted octanol–water partition coefficient (Wildman–Crippen LogP) is 3.97. The molecule has 0 bridgehead atoms. The van der Waals surface area contributed by atoms with Gasteiger partial charge in [-0.25, -0.2) is 9.69 Å². The summed E-state index contributed by atoms with van der Waals surface area (Å²) in [7, 11) is 0. The molecule has 1 fully saturated rings. The van der Waals surface area contributed by atoms with Crippen molar-refractivity contribution in [1.82, 2.24) is 20.0 Å². The number of rotatable bonds is 6. The number of carbonyl (C=O) groups is 2. The normalized spacial score (nSPS) is 16.1. The van der Waals surface area contributed by atoms with Gasteiger partial charge in [-0.3, -0.25) is 19.6 Å². The molecule has 0 radical (unpaired) electrons. The Labute approximate surface area is 186 Å². The highest BCUT2D eigenvalue weighted by molar-refractivity contribution is 8.00. The van der Waals surface area contributed by atoms with E-state index >= 15 is 0 Å². The third kappa shape index (κ3) is 4.49. The molecule has 3 aromatic rings. The topological polar surface area (TPSA) is 110 Å². The summed E-state index contributed by atoms with van der Waals surface area (Å²) in [6.07, 6.45) is 2.19. The molecule has 2 heterocycles. The Bertz CT molecular complexity index is 1170. The molecular weight excluding hydrogens is 442 g/mol. The number of fused-ring (bicyclic) bond motifs is 1. The van der Waals surface area contributed by atoms with E-state index in [2.05, 4.69) is 10.4 Å². The molecule has 2 aromatic carbocycles. The van der Waals surface area contributed by atoms with E-state index in [4.69, 9.17) is 11.6 Å². The zero-order valence-corrected chi connectivity index (χ0v) is 17.8. The second kappa shape index (κ2) is 8.94. The van der Waals surface area contributed by atoms with Crippen LogP contribution in [0.25, 0.3) is 10.9 Å². The van der Waals surface area contributed by atoms with E-state index in [-0.39, 0.29) is 17.3 Å². The van der Waals surface area contributed by atoms with Gasteiger partial charge in [0, 0.05) is 35.6 Å². The van der Waals surface area contributed by atoms with E-state index in [1.54, 1.807) is 35.1 Å². The van der Waals surface area contributed by atoms with Crippen molar-refractivity contribution in [2.24, 2.45) is 0 Å². The number of amides is 3. The monoisotopic (exact) mass is 459 g/mol. The second-order valence-corrected chi connectivity index (χ2v) is 8.44. The van der Waals surface area contributed by atoms with Crippen LogP contribution in [0.1, 0.15) is 17.4 Å². The lowest BCUT2D eigenvalue weighted by Gasteiger charge is -2.23. The van der Waals surface area contributed by atoms with E-state index in [1.807, 2.05) is 6.07 Å². The van der Waals surface area contributed by atoms with Crippen LogP contribution in [-0.4, -0.2) is 43.8 Å². The number of non-ortho nitro benzene ring substituents is 1. The zero-order chi connectivity index (χ0) is 22.0. The van der Waals surface area contributed by atoms with Crippen LogP contribution < -0.4 is 5.32 Å². The summed E-state index contributed by atoms with van der Waals surface area (Å²) in [6, 6.07) is 11.2. The van der Waals surface area contributed by atoms with Gasteiger partial charge in [0.25, 0.3) is 5.69 Å². The lowest BCUT2D eigenvalue weighted by Crippen LogP contribution is -2.42. The van der Waals surface area contributed by atoms with Crippen LogP contribution in [0.15, 0.2) is 48.7 Å². The van der Waals surface area contributed by atoms with Gasteiger partial charge < -0.3 is 5.32 Å². The van der Waals surface area contributed by atoms with Crippen molar-refractivity contribution in [3.8, 4) is 0 Å². The van der Waals surface area contributed by atoms with Gasteiger partial charge in [0.2, 0.25) is 5.91 Å². The number of urea groups is 1. The molecule has 3 amide bonds. The Morgan fingerprint density at radius 3 is 2.94 bits per heavy atom. The highest BCUT2D eigenvalue weighted by Gasteiger charge is 2.37. The maximum atomic E-state index is 12.7. The maximum Gasteiger partial charge on any atom is 0.325 e. The molecule has 0 spiro atoms. The summed E-state index contributed by atoms with van der Waals surface area (Å²) in [5.41, 5.74) is 1.45. The highest BCUT2D eigenvalue weighted by atomic mass is 35.5. The van der Waals surface area contributed by atoms with Crippen molar-refractivity contribution in [2.45, 2.75) is 18.3 Å². The van der Waals surface area contributed by atoms with Crippen molar-refractivity contribution >= 4 is 51.9 Å². The van der Waals surface area contributed by atoms with Crippen LogP contribution in [-0.2, 0) is 11.3 Å². The van der Waals surface area contributed by atoms with Crippen LogP contribution >= 0.6 is 23.4 Å². The first-order valence-electron chi connectivity index (χ1n) is 9.51. The Morgan fingerprint density at radius 2 is 2.16 bits per heavy atom. The van der Waals surface area contributed by atoms with Gasteiger partial charge in [0.1, 0.15) is 5.37 Å². The third-order valence-corrected chi connectivity index (χ3v) is 6.33. The van der Waals surface area contributed by atoms with Gasteiger partial charge in [0.05, 0.1) is 22.4 Å². The molecule has 1 atom stereocenters. The zero-order valence-electron chi connectivity index (χ0n) is 16.2. The Hall–Kier alpha value is -3.11. The second-order valence-electron chi connectivity index (χ2n) is 6.94. The predicted molar refractivity (Wildman–Crippen MR) is 118 cm³/mol. The molecule has 1 unspecified atom stereocenters. The molecule has 1 saturated heterocycles. The molecule has 1 aliphatic rings. The van der Waals surface area contributed by atoms with Crippen LogP contribution in [0.2, 0.25) is 5.02 Å². The number of imide groups is 1. The molecule has 11 heteroatoms. The summed E-state index contributed by atoms with van der Waals surface area (Å²) in [4.78, 5) is 36.7. The SMILES string of the molecule is O=C1CSC(c2cccc(Cl)c2)N1C(=O)NCCCn1ncc2ccc([N+](=O)[O-])cc21. The number of nitro groups is 1. The van der Waals surface area contributed by atoms with Crippen LogP contribution in [0.3, 0.4) is 0 Å². The molecule has 0 aliphatic carbocycles. The number of nitrogens with zero attached hydrogens (tertiary/aromatic N) is 4. The fourth-order valence-corrected chi connectivity index (χ4v) is 4.75. The van der Waals surface area contributed by atoms with Crippen molar-refractivity contribution in [1.29, 1.82) is 0 Å². The minimum Gasteiger partial charge on any atom is -0.338 e. The first-order chi connectivity index (χ1) is 14.9. The number of nitro benzene ring substituents is 1. The van der Waals surface area contributed by atoms with Crippen LogP contribution in [0.5, 0.6) is 0 Å². The van der Waals surface area contributed by atoms with E-state index in [1.165, 1.54) is 28.8 Å². The molecule has 1 N–H and O–H groups in total. The highest BCUT2D eigenvalue weighted by Crippen LogP contribution is 2.39. The van der Waals surface area contributed by atoms with Gasteiger partial charge in [-0.15, -0.1) is 11.8 Å². The number of benzene rings is 2. The summed E-state index contributed by atoms with van der Waals surface area (Å²) in [6.45, 7) is 0.789. The minimum atomic E-state index is -0.457.